The van der Waals surface area contributed by atoms with Gasteiger partial charge in [-0.2, -0.15) is 0 Å². The third kappa shape index (κ3) is 0.939. The third-order valence-corrected chi connectivity index (χ3v) is 7.05. The number of fused-ring (bicyclic) bond motifs is 1. The second-order valence-electron chi connectivity index (χ2n) is 7.59. The molecule has 1 N–H and O–H groups in total. The van der Waals surface area contributed by atoms with Crippen molar-refractivity contribution in [1.29, 1.82) is 0 Å². The Labute approximate surface area is 99.6 Å². The highest BCUT2D eigenvalue weighted by Gasteiger charge is 2.69. The van der Waals surface area contributed by atoms with Crippen LogP contribution >= 0.6 is 0 Å². The Morgan fingerprint density at radius 1 is 1.06 bits per heavy atom. The fraction of sp³-hybridized carbons (Fsp3) is 1.00. The van der Waals surface area contributed by atoms with Crippen LogP contribution in [0.25, 0.3) is 0 Å². The molecule has 92 valence electrons. The lowest BCUT2D eigenvalue weighted by atomic mass is 9.35. The smallest absolute Gasteiger partial charge is 0.0757 e. The molecule has 0 radical (unpaired) electrons. The van der Waals surface area contributed by atoms with Crippen LogP contribution in [0.5, 0.6) is 0 Å². The van der Waals surface area contributed by atoms with Gasteiger partial charge in [-0.25, -0.2) is 0 Å². The van der Waals surface area contributed by atoms with Crippen molar-refractivity contribution in [2.75, 3.05) is 0 Å². The van der Waals surface area contributed by atoms with E-state index < -0.39 is 5.60 Å². The van der Waals surface area contributed by atoms with Gasteiger partial charge >= 0.3 is 0 Å². The SMILES string of the molecule is C[C@@H]1CC[C@@]2(O)C(C)(C)[C@H]3CC[C@@]2(C)[C@H]1C3. The van der Waals surface area contributed by atoms with E-state index in [9.17, 15) is 5.11 Å². The molecule has 4 aliphatic rings. The molecule has 0 aliphatic heterocycles. The Hall–Kier alpha value is -0.0400. The molecule has 4 aliphatic carbocycles. The van der Waals surface area contributed by atoms with Crippen LogP contribution in [0.2, 0.25) is 0 Å². The van der Waals surface area contributed by atoms with Gasteiger partial charge in [-0.15, -0.1) is 0 Å². The summed E-state index contributed by atoms with van der Waals surface area (Å²) in [6, 6.07) is 0. The summed E-state index contributed by atoms with van der Waals surface area (Å²) < 4.78 is 0. The van der Waals surface area contributed by atoms with E-state index in [-0.39, 0.29) is 10.8 Å². The predicted octanol–water partition coefficient (Wildman–Crippen LogP) is 3.61. The molecule has 0 saturated heterocycles. The Balaban J connectivity index is 2.13. The van der Waals surface area contributed by atoms with Crippen LogP contribution in [0.1, 0.15) is 59.8 Å². The third-order valence-electron chi connectivity index (χ3n) is 7.05. The highest BCUT2D eigenvalue weighted by atomic mass is 16.3. The van der Waals surface area contributed by atoms with Gasteiger partial charge in [0.2, 0.25) is 0 Å². The Morgan fingerprint density at radius 3 is 2.44 bits per heavy atom. The lowest BCUT2D eigenvalue weighted by molar-refractivity contribution is -0.291. The second kappa shape index (κ2) is 2.85. The van der Waals surface area contributed by atoms with Crippen molar-refractivity contribution in [2.45, 2.75) is 65.4 Å². The first-order valence-corrected chi connectivity index (χ1v) is 7.05. The van der Waals surface area contributed by atoms with Gasteiger partial charge in [0.25, 0.3) is 0 Å². The van der Waals surface area contributed by atoms with E-state index in [0.29, 0.717) is 0 Å². The van der Waals surface area contributed by atoms with E-state index in [1.54, 1.807) is 0 Å². The number of rotatable bonds is 0. The average molecular weight is 222 g/mol. The maximum atomic E-state index is 11.3. The molecule has 4 saturated carbocycles. The molecular weight excluding hydrogens is 196 g/mol. The molecule has 0 aromatic rings. The van der Waals surface area contributed by atoms with E-state index in [1.165, 1.54) is 25.7 Å². The monoisotopic (exact) mass is 222 g/mol. The maximum Gasteiger partial charge on any atom is 0.0757 e. The molecule has 0 unspecified atom stereocenters. The minimum atomic E-state index is -0.391. The van der Waals surface area contributed by atoms with Crippen molar-refractivity contribution in [1.82, 2.24) is 0 Å². The minimum Gasteiger partial charge on any atom is -0.389 e. The summed E-state index contributed by atoms with van der Waals surface area (Å²) in [6.07, 6.45) is 6.23. The summed E-state index contributed by atoms with van der Waals surface area (Å²) in [5.41, 5.74) is -0.0576. The zero-order valence-corrected chi connectivity index (χ0v) is 11.2. The van der Waals surface area contributed by atoms with Crippen LogP contribution in [0.15, 0.2) is 0 Å². The van der Waals surface area contributed by atoms with Crippen LogP contribution in [0.4, 0.5) is 0 Å². The summed E-state index contributed by atoms with van der Waals surface area (Å²) in [6.45, 7) is 9.43. The zero-order chi connectivity index (χ0) is 11.8. The van der Waals surface area contributed by atoms with Crippen molar-refractivity contribution in [3.8, 4) is 0 Å². The standard InChI is InChI=1S/C15H26O/c1-10-5-8-15(16)13(2,3)11-6-7-14(15,4)12(10)9-11/h10-12,16H,5-9H2,1-4H3/t10-,11+,12+,14+,15-/m1/s1. The Bertz CT molecular complexity index is 321. The van der Waals surface area contributed by atoms with Crippen LogP contribution in [0, 0.1) is 28.6 Å². The van der Waals surface area contributed by atoms with Crippen molar-refractivity contribution in [2.24, 2.45) is 28.6 Å². The van der Waals surface area contributed by atoms with Gasteiger partial charge in [0.15, 0.2) is 0 Å². The molecule has 1 heteroatoms. The topological polar surface area (TPSA) is 20.2 Å². The zero-order valence-electron chi connectivity index (χ0n) is 11.2. The molecule has 5 atom stereocenters. The predicted molar refractivity (Wildman–Crippen MR) is 66.1 cm³/mol. The quantitative estimate of drug-likeness (QED) is 0.664. The van der Waals surface area contributed by atoms with E-state index in [4.69, 9.17) is 0 Å². The molecule has 0 aromatic carbocycles. The highest BCUT2D eigenvalue weighted by Crippen LogP contribution is 2.71. The fourth-order valence-corrected chi connectivity index (χ4v) is 5.69. The first kappa shape index (κ1) is 11.1. The largest absolute Gasteiger partial charge is 0.389 e. The second-order valence-corrected chi connectivity index (χ2v) is 7.59. The molecule has 16 heavy (non-hydrogen) atoms. The summed E-state index contributed by atoms with van der Waals surface area (Å²) in [5.74, 6) is 2.36. The average Bonchev–Trinajstić information content (AvgIpc) is 2.22. The first-order chi connectivity index (χ1) is 7.33. The maximum absolute atomic E-state index is 11.3. The molecule has 0 aromatic heterocycles. The van der Waals surface area contributed by atoms with Crippen molar-refractivity contribution in [3.05, 3.63) is 0 Å². The van der Waals surface area contributed by atoms with Gasteiger partial charge in [-0.3, -0.25) is 0 Å². The summed E-state index contributed by atoms with van der Waals surface area (Å²) >= 11 is 0. The minimum absolute atomic E-state index is 0.136. The van der Waals surface area contributed by atoms with Crippen molar-refractivity contribution in [3.63, 3.8) is 0 Å². The van der Waals surface area contributed by atoms with Gasteiger partial charge in [0, 0.05) is 0 Å². The normalized spacial score (nSPS) is 58.7. The van der Waals surface area contributed by atoms with E-state index >= 15 is 0 Å². The van der Waals surface area contributed by atoms with Gasteiger partial charge in [-0.05, 0) is 60.7 Å². The first-order valence-electron chi connectivity index (χ1n) is 7.05. The number of hydrogen-bond acceptors (Lipinski definition) is 1. The summed E-state index contributed by atoms with van der Waals surface area (Å²) in [4.78, 5) is 0. The lowest BCUT2D eigenvalue weighted by Crippen LogP contribution is -2.71. The molecule has 0 spiro atoms. The van der Waals surface area contributed by atoms with E-state index in [2.05, 4.69) is 27.7 Å². The van der Waals surface area contributed by atoms with Crippen LogP contribution in [-0.2, 0) is 0 Å². The molecule has 4 fully saturated rings. The Kier molecular flexibility index (Phi) is 1.98. The molecule has 1 nitrogen and oxygen atoms in total. The van der Waals surface area contributed by atoms with Crippen LogP contribution in [-0.4, -0.2) is 10.7 Å². The molecular formula is C15H26O. The van der Waals surface area contributed by atoms with E-state index in [0.717, 1.165) is 24.2 Å². The van der Waals surface area contributed by atoms with Crippen molar-refractivity contribution < 1.29 is 5.11 Å². The van der Waals surface area contributed by atoms with Crippen LogP contribution in [0.3, 0.4) is 0 Å². The van der Waals surface area contributed by atoms with Gasteiger partial charge in [-0.1, -0.05) is 27.7 Å². The molecule has 4 bridgehead atoms. The molecule has 4 rings (SSSR count). The summed E-state index contributed by atoms with van der Waals surface area (Å²) in [7, 11) is 0. The lowest BCUT2D eigenvalue weighted by Gasteiger charge is -2.71. The highest BCUT2D eigenvalue weighted by molar-refractivity contribution is 5.19. The van der Waals surface area contributed by atoms with Crippen LogP contribution < -0.4 is 0 Å². The van der Waals surface area contributed by atoms with Gasteiger partial charge in [0.1, 0.15) is 0 Å². The van der Waals surface area contributed by atoms with Gasteiger partial charge < -0.3 is 5.11 Å². The Morgan fingerprint density at radius 2 is 1.75 bits per heavy atom. The van der Waals surface area contributed by atoms with Gasteiger partial charge in [0.05, 0.1) is 5.60 Å². The van der Waals surface area contributed by atoms with E-state index in [1.807, 2.05) is 0 Å². The number of hydrogen-bond donors (Lipinski definition) is 1. The molecule has 0 amide bonds. The number of aliphatic hydroxyl groups is 1. The molecule has 0 heterocycles. The van der Waals surface area contributed by atoms with Crippen molar-refractivity contribution >= 4 is 0 Å². The summed E-state index contributed by atoms with van der Waals surface area (Å²) in [5, 5.41) is 11.3. The fourth-order valence-electron chi connectivity index (χ4n) is 5.69.